The van der Waals surface area contributed by atoms with Crippen molar-refractivity contribution in [1.29, 1.82) is 0 Å². The average molecular weight is 285 g/mol. The molecule has 0 saturated carbocycles. The van der Waals surface area contributed by atoms with Gasteiger partial charge < -0.3 is 15.4 Å². The third-order valence-electron chi connectivity index (χ3n) is 3.07. The fraction of sp³-hybridized carbons (Fsp3) is 0.250. The van der Waals surface area contributed by atoms with Crippen LogP contribution in [0.25, 0.3) is 0 Å². The summed E-state index contributed by atoms with van der Waals surface area (Å²) in [4.78, 5) is 15.2. The summed E-state index contributed by atoms with van der Waals surface area (Å²) in [6, 6.07) is 11.7. The van der Waals surface area contributed by atoms with Crippen molar-refractivity contribution in [3.05, 3.63) is 54.4 Å². The molecule has 0 aliphatic carbocycles. The highest BCUT2D eigenvalue weighted by Crippen LogP contribution is 2.22. The lowest BCUT2D eigenvalue weighted by Crippen LogP contribution is -2.24. The van der Waals surface area contributed by atoms with E-state index in [9.17, 15) is 4.79 Å². The third kappa shape index (κ3) is 4.49. The van der Waals surface area contributed by atoms with E-state index in [2.05, 4.69) is 22.5 Å². The van der Waals surface area contributed by atoms with Gasteiger partial charge in [-0.1, -0.05) is 6.07 Å². The molecular formula is C16H19N3O2. The van der Waals surface area contributed by atoms with Gasteiger partial charge in [-0.25, -0.2) is 0 Å². The van der Waals surface area contributed by atoms with Gasteiger partial charge in [0.25, 0.3) is 5.91 Å². The highest BCUT2D eigenvalue weighted by molar-refractivity contribution is 5.77. The Morgan fingerprint density at radius 3 is 2.76 bits per heavy atom. The molecule has 2 aromatic rings. The van der Waals surface area contributed by atoms with Crippen molar-refractivity contribution in [2.75, 3.05) is 19.0 Å². The van der Waals surface area contributed by atoms with E-state index in [-0.39, 0.29) is 18.6 Å². The lowest BCUT2D eigenvalue weighted by molar-refractivity contribution is -0.122. The second-order valence-corrected chi connectivity index (χ2v) is 4.64. The van der Waals surface area contributed by atoms with E-state index in [1.807, 2.05) is 36.4 Å². The van der Waals surface area contributed by atoms with Crippen LogP contribution in [0, 0.1) is 0 Å². The number of likely N-dealkylation sites (N-methyl/N-ethyl adjacent to an activating group) is 1. The first-order valence-corrected chi connectivity index (χ1v) is 6.79. The highest BCUT2D eigenvalue weighted by atomic mass is 16.5. The minimum absolute atomic E-state index is 0.0138. The Morgan fingerprint density at radius 1 is 1.29 bits per heavy atom. The minimum atomic E-state index is -0.154. The molecule has 1 aromatic carbocycles. The molecule has 0 spiro atoms. The van der Waals surface area contributed by atoms with Crippen LogP contribution in [0.15, 0.2) is 48.8 Å². The van der Waals surface area contributed by atoms with Crippen molar-refractivity contribution in [2.24, 2.45) is 0 Å². The normalized spacial score (nSPS) is 11.5. The van der Waals surface area contributed by atoms with E-state index in [0.717, 1.165) is 11.3 Å². The Morgan fingerprint density at radius 2 is 2.05 bits per heavy atom. The number of benzene rings is 1. The first-order valence-electron chi connectivity index (χ1n) is 6.79. The number of anilines is 1. The second-order valence-electron chi connectivity index (χ2n) is 4.64. The molecule has 1 atom stereocenters. The molecule has 0 bridgehead atoms. The number of hydrogen-bond acceptors (Lipinski definition) is 4. The van der Waals surface area contributed by atoms with Crippen LogP contribution in [-0.2, 0) is 4.79 Å². The fourth-order valence-corrected chi connectivity index (χ4v) is 1.88. The highest BCUT2D eigenvalue weighted by Gasteiger charge is 2.06. The molecule has 0 radical (unpaired) electrons. The predicted octanol–water partition coefficient (Wildman–Crippen LogP) is 2.38. The molecule has 0 fully saturated rings. The second kappa shape index (κ2) is 7.28. The topological polar surface area (TPSA) is 63.2 Å². The molecule has 0 aliphatic rings. The standard InChI is InChI=1S/C16H19N3O2/c1-12(13-6-8-18-9-7-13)19-14-4-3-5-15(10-14)21-11-16(20)17-2/h3-10,12,19H,11H2,1-2H3,(H,17,20). The Balaban J connectivity index is 1.99. The van der Waals surface area contributed by atoms with Crippen molar-refractivity contribution in [3.8, 4) is 5.75 Å². The molecule has 1 heterocycles. The summed E-state index contributed by atoms with van der Waals surface area (Å²) < 4.78 is 5.42. The molecule has 5 heteroatoms. The molecule has 5 nitrogen and oxygen atoms in total. The number of rotatable bonds is 6. The molecule has 2 rings (SSSR count). The smallest absolute Gasteiger partial charge is 0.257 e. The molecule has 110 valence electrons. The van der Waals surface area contributed by atoms with Gasteiger partial charge in [-0.05, 0) is 36.8 Å². The van der Waals surface area contributed by atoms with Crippen molar-refractivity contribution in [3.63, 3.8) is 0 Å². The molecular weight excluding hydrogens is 266 g/mol. The maximum absolute atomic E-state index is 11.2. The quantitative estimate of drug-likeness (QED) is 0.855. The first-order chi connectivity index (χ1) is 10.2. The van der Waals surface area contributed by atoms with Crippen LogP contribution in [-0.4, -0.2) is 24.5 Å². The van der Waals surface area contributed by atoms with Crippen LogP contribution in [0.1, 0.15) is 18.5 Å². The number of amides is 1. The van der Waals surface area contributed by atoms with Gasteiger partial charge in [-0.15, -0.1) is 0 Å². The molecule has 0 saturated heterocycles. The van der Waals surface area contributed by atoms with Gasteiger partial charge in [0.15, 0.2) is 6.61 Å². The Bertz CT molecular complexity index is 587. The van der Waals surface area contributed by atoms with Gasteiger partial charge in [0.2, 0.25) is 0 Å². The van der Waals surface area contributed by atoms with Crippen LogP contribution in [0.3, 0.4) is 0 Å². The summed E-state index contributed by atoms with van der Waals surface area (Å²) in [7, 11) is 1.58. The number of pyridine rings is 1. The summed E-state index contributed by atoms with van der Waals surface area (Å²) in [6.45, 7) is 2.09. The zero-order valence-corrected chi connectivity index (χ0v) is 12.2. The lowest BCUT2D eigenvalue weighted by atomic mass is 10.1. The summed E-state index contributed by atoms with van der Waals surface area (Å²) in [5, 5.41) is 5.91. The Kier molecular flexibility index (Phi) is 5.15. The lowest BCUT2D eigenvalue weighted by Gasteiger charge is -2.16. The number of aromatic nitrogens is 1. The van der Waals surface area contributed by atoms with Gasteiger partial charge in [0, 0.05) is 37.2 Å². The van der Waals surface area contributed by atoms with Crippen LogP contribution < -0.4 is 15.4 Å². The molecule has 2 N–H and O–H groups in total. The number of nitrogens with one attached hydrogen (secondary N) is 2. The third-order valence-corrected chi connectivity index (χ3v) is 3.07. The Labute approximate surface area is 124 Å². The Hall–Kier alpha value is -2.56. The SMILES string of the molecule is CNC(=O)COc1cccc(NC(C)c2ccncc2)c1. The number of carbonyl (C=O) groups is 1. The molecule has 1 aromatic heterocycles. The van der Waals surface area contributed by atoms with Crippen molar-refractivity contribution < 1.29 is 9.53 Å². The van der Waals surface area contributed by atoms with E-state index in [0.29, 0.717) is 5.75 Å². The maximum atomic E-state index is 11.2. The molecule has 1 unspecified atom stereocenters. The van der Waals surface area contributed by atoms with E-state index in [4.69, 9.17) is 4.74 Å². The van der Waals surface area contributed by atoms with Crippen LogP contribution in [0.5, 0.6) is 5.75 Å². The number of ether oxygens (including phenoxy) is 1. The first kappa shape index (κ1) is 14.8. The zero-order valence-electron chi connectivity index (χ0n) is 12.2. The average Bonchev–Trinajstić information content (AvgIpc) is 2.53. The monoisotopic (exact) mass is 285 g/mol. The van der Waals surface area contributed by atoms with Gasteiger partial charge in [-0.2, -0.15) is 0 Å². The molecule has 21 heavy (non-hydrogen) atoms. The maximum Gasteiger partial charge on any atom is 0.257 e. The van der Waals surface area contributed by atoms with Gasteiger partial charge in [0.05, 0.1) is 0 Å². The van der Waals surface area contributed by atoms with Crippen molar-refractivity contribution in [2.45, 2.75) is 13.0 Å². The fourth-order valence-electron chi connectivity index (χ4n) is 1.88. The van der Waals surface area contributed by atoms with Crippen LogP contribution in [0.4, 0.5) is 5.69 Å². The van der Waals surface area contributed by atoms with Crippen molar-refractivity contribution >= 4 is 11.6 Å². The van der Waals surface area contributed by atoms with E-state index in [1.165, 1.54) is 0 Å². The van der Waals surface area contributed by atoms with E-state index in [1.54, 1.807) is 19.4 Å². The number of nitrogens with zero attached hydrogens (tertiary/aromatic N) is 1. The van der Waals surface area contributed by atoms with Crippen LogP contribution >= 0.6 is 0 Å². The summed E-state index contributed by atoms with van der Waals surface area (Å²) >= 11 is 0. The summed E-state index contributed by atoms with van der Waals surface area (Å²) in [6.07, 6.45) is 3.55. The van der Waals surface area contributed by atoms with E-state index >= 15 is 0 Å². The minimum Gasteiger partial charge on any atom is -0.484 e. The summed E-state index contributed by atoms with van der Waals surface area (Å²) in [5.74, 6) is 0.504. The summed E-state index contributed by atoms with van der Waals surface area (Å²) in [5.41, 5.74) is 2.09. The molecule has 0 aliphatic heterocycles. The molecule has 1 amide bonds. The van der Waals surface area contributed by atoms with Crippen molar-refractivity contribution in [1.82, 2.24) is 10.3 Å². The van der Waals surface area contributed by atoms with Gasteiger partial charge in [-0.3, -0.25) is 9.78 Å². The zero-order chi connectivity index (χ0) is 15.1. The number of hydrogen-bond donors (Lipinski definition) is 2. The largest absolute Gasteiger partial charge is 0.484 e. The predicted molar refractivity (Wildman–Crippen MR) is 82.3 cm³/mol. The van der Waals surface area contributed by atoms with E-state index < -0.39 is 0 Å². The van der Waals surface area contributed by atoms with Crippen LogP contribution in [0.2, 0.25) is 0 Å². The van der Waals surface area contributed by atoms with Gasteiger partial charge >= 0.3 is 0 Å². The van der Waals surface area contributed by atoms with Gasteiger partial charge in [0.1, 0.15) is 5.75 Å². The number of carbonyl (C=O) groups excluding carboxylic acids is 1.